The fraction of sp³-hybridized carbons (Fsp3) is 0.765. The standard InChI is InChI=1S/C32H43NO3.CH4O.CH4/c1-19(34)32-14-12-27(2,3)17-20(32)25-22(35)16-24-29(6)18-21(33-9)26(36)28(4,5)23(29)10-11-30(24,7)31(25,8)13-15-32;1-2;/h16,18,20,23,25H,10-15,17H2,1-8H3;2H,1H3;1H4/t20?,23-,25?,29?,30?,31+,32?;;/m0../s1/i;2D;1D. The minimum absolute atomic E-state index is 0.0591. The predicted octanol–water partition coefficient (Wildman–Crippen LogP) is 7.39. The van der Waals surface area contributed by atoms with Crippen LogP contribution in [0.25, 0.3) is 4.85 Å². The van der Waals surface area contributed by atoms with Gasteiger partial charge in [0.05, 0.1) is 6.57 Å². The molecule has 39 heavy (non-hydrogen) atoms. The number of hydrogen-bond acceptors (Lipinski definition) is 4. The highest BCUT2D eigenvalue weighted by molar-refractivity contribution is 6.03. The topological polar surface area (TPSA) is 75.8 Å². The number of aliphatic hydroxyl groups is 1. The summed E-state index contributed by atoms with van der Waals surface area (Å²) in [5, 5.41) is 3.50. The molecule has 0 aliphatic heterocycles. The first-order valence-electron chi connectivity index (χ1n) is 15.7. The smallest absolute Gasteiger partial charge is 0.226 e. The Bertz CT molecular complexity index is 1210. The van der Waals surface area contributed by atoms with Crippen molar-refractivity contribution in [3.05, 3.63) is 34.8 Å². The van der Waals surface area contributed by atoms with Crippen LogP contribution >= 0.6 is 0 Å². The van der Waals surface area contributed by atoms with Gasteiger partial charge in [-0.05, 0) is 86.0 Å². The quantitative estimate of drug-likeness (QED) is 0.352. The highest BCUT2D eigenvalue weighted by Gasteiger charge is 2.70. The Morgan fingerprint density at radius 2 is 1.67 bits per heavy atom. The predicted molar refractivity (Wildman–Crippen MR) is 155 cm³/mol. The van der Waals surface area contributed by atoms with E-state index >= 15 is 0 Å². The van der Waals surface area contributed by atoms with E-state index in [2.05, 4.69) is 44.6 Å². The molecule has 1 N–H and O–H groups in total. The average Bonchev–Trinajstić information content (AvgIpc) is 2.89. The normalized spacial score (nSPS) is 43.8. The lowest BCUT2D eigenvalue weighted by Crippen LogP contribution is -2.65. The van der Waals surface area contributed by atoms with Gasteiger partial charge in [-0.2, -0.15) is 0 Å². The summed E-state index contributed by atoms with van der Waals surface area (Å²) in [6, 6.07) is 0. The summed E-state index contributed by atoms with van der Waals surface area (Å²) in [5.74, 6) is 0.348. The van der Waals surface area contributed by atoms with Crippen LogP contribution in [0, 0.1) is 56.8 Å². The average molecular weight is 540 g/mol. The largest absolute Gasteiger partial charge is 0.400 e. The Labute approximate surface area is 239 Å². The summed E-state index contributed by atoms with van der Waals surface area (Å²) >= 11 is 0. The molecular formula is C34H51NO4. The molecule has 0 aromatic rings. The zero-order valence-electron chi connectivity index (χ0n) is 27.9. The Hall–Kier alpha value is -2.06. The third-order valence-corrected chi connectivity index (χ3v) is 12.5. The highest BCUT2D eigenvalue weighted by atomic mass is 16.2. The number of carbonyl (C=O) groups excluding carboxylic acids is 3. The molecule has 5 unspecified atom stereocenters. The molecule has 5 nitrogen and oxygen atoms in total. The van der Waals surface area contributed by atoms with Crippen molar-refractivity contribution in [2.24, 2.45) is 50.2 Å². The van der Waals surface area contributed by atoms with Gasteiger partial charge in [0.25, 0.3) is 0 Å². The van der Waals surface area contributed by atoms with Crippen molar-refractivity contribution in [1.82, 2.24) is 0 Å². The van der Waals surface area contributed by atoms with Crippen molar-refractivity contribution in [3.63, 3.8) is 0 Å². The molecule has 3 saturated carbocycles. The van der Waals surface area contributed by atoms with Crippen LogP contribution < -0.4 is 0 Å². The van der Waals surface area contributed by atoms with Crippen molar-refractivity contribution in [1.29, 1.82) is 1.43 Å². The minimum Gasteiger partial charge on any atom is -0.400 e. The molecule has 0 radical (unpaired) electrons. The first-order valence-corrected chi connectivity index (χ1v) is 14.3. The van der Waals surface area contributed by atoms with E-state index in [1.54, 1.807) is 6.92 Å². The summed E-state index contributed by atoms with van der Waals surface area (Å²) in [6.07, 6.45) is 10.2. The zero-order valence-corrected chi connectivity index (χ0v) is 25.9. The Morgan fingerprint density at radius 3 is 2.23 bits per heavy atom. The Kier molecular flexibility index (Phi) is 6.94. The molecule has 0 saturated heterocycles. The van der Waals surface area contributed by atoms with Gasteiger partial charge >= 0.3 is 0 Å². The number of allylic oxidation sites excluding steroid dienone is 4. The van der Waals surface area contributed by atoms with Crippen molar-refractivity contribution < 1.29 is 20.9 Å². The van der Waals surface area contributed by atoms with Crippen LogP contribution in [0.2, 0.25) is 0 Å². The van der Waals surface area contributed by atoms with Gasteiger partial charge in [-0.1, -0.05) is 67.5 Å². The molecule has 0 bridgehead atoms. The minimum atomic E-state index is -0.643. The van der Waals surface area contributed by atoms with Gasteiger partial charge in [0.2, 0.25) is 7.13 Å². The van der Waals surface area contributed by atoms with Crippen LogP contribution in [0.15, 0.2) is 23.4 Å². The fourth-order valence-corrected chi connectivity index (χ4v) is 10.2. The van der Waals surface area contributed by atoms with Gasteiger partial charge in [0, 0.05) is 30.6 Å². The summed E-state index contributed by atoms with van der Waals surface area (Å²) in [7, 11) is 2.54. The Balaban J connectivity index is 0.000000868. The molecule has 0 spiro atoms. The fourth-order valence-electron chi connectivity index (χ4n) is 10.2. The monoisotopic (exact) mass is 539 g/mol. The molecule has 5 rings (SSSR count). The van der Waals surface area contributed by atoms with Crippen molar-refractivity contribution in [3.8, 4) is 0 Å². The summed E-state index contributed by atoms with van der Waals surface area (Å²) in [4.78, 5) is 44.4. The molecule has 0 aromatic carbocycles. The number of fused-ring (bicyclic) bond motifs is 7. The number of Topliss-reactive ketones (excluding diaryl/α,β-unsaturated/α-hetero) is 2. The van der Waals surface area contributed by atoms with Gasteiger partial charge in [0.15, 0.2) is 11.6 Å². The maximum absolute atomic E-state index is 14.3. The van der Waals surface area contributed by atoms with Crippen LogP contribution in [-0.4, -0.2) is 31.0 Å². The molecule has 5 aliphatic rings. The first-order chi connectivity index (χ1) is 18.9. The van der Waals surface area contributed by atoms with Crippen LogP contribution in [0.5, 0.6) is 0 Å². The second kappa shape index (κ2) is 9.51. The van der Waals surface area contributed by atoms with E-state index in [9.17, 15) is 14.4 Å². The van der Waals surface area contributed by atoms with Crippen molar-refractivity contribution >= 4 is 17.3 Å². The van der Waals surface area contributed by atoms with Gasteiger partial charge in [0.1, 0.15) is 5.78 Å². The molecule has 5 heteroatoms. The number of nitrogens with zero attached hydrogens (tertiary/aromatic N) is 1. The van der Waals surface area contributed by atoms with E-state index in [-0.39, 0.29) is 62.5 Å². The van der Waals surface area contributed by atoms with E-state index in [1.807, 2.05) is 26.0 Å². The summed E-state index contributed by atoms with van der Waals surface area (Å²) in [6.45, 7) is 24.9. The molecule has 0 amide bonds. The number of aliphatic hydroxyl groups excluding tert-OH is 1. The third kappa shape index (κ3) is 3.91. The van der Waals surface area contributed by atoms with E-state index < -0.39 is 10.8 Å². The van der Waals surface area contributed by atoms with Crippen molar-refractivity contribution in [2.45, 2.75) is 108 Å². The number of ketones is 3. The molecule has 0 heterocycles. The molecule has 7 atom stereocenters. The van der Waals surface area contributed by atoms with Gasteiger partial charge in [-0.3, -0.25) is 9.59 Å². The van der Waals surface area contributed by atoms with Crippen molar-refractivity contribution in [2.75, 3.05) is 7.11 Å². The number of hydrogen-bond donors (Lipinski definition) is 1. The molecule has 216 valence electrons. The number of carbonyl (C=O) groups is 3. The maximum atomic E-state index is 14.3. The molecule has 3 fully saturated rings. The van der Waals surface area contributed by atoms with Gasteiger partial charge < -0.3 is 9.90 Å². The molecule has 5 aliphatic carbocycles. The van der Waals surface area contributed by atoms with Crippen LogP contribution in [0.4, 0.5) is 0 Å². The van der Waals surface area contributed by atoms with Crippen LogP contribution in [-0.2, 0) is 14.4 Å². The van der Waals surface area contributed by atoms with Crippen LogP contribution in [0.3, 0.4) is 0 Å². The lowest BCUT2D eigenvalue weighted by Gasteiger charge is -2.69. The Morgan fingerprint density at radius 1 is 1.08 bits per heavy atom. The lowest BCUT2D eigenvalue weighted by molar-refractivity contribution is -0.176. The van der Waals surface area contributed by atoms with E-state index in [0.717, 1.165) is 50.5 Å². The SMILES string of the molecule is [2H]C.[2H]OC.[C-]#[N+]C1=CC2(C)C3=CC(=O)C4C5CC(C)(C)CCC5(C(C)=O)CC[C@@]4(C)C3(C)CC[C@H]2C(C)(C)C1=O. The molecular weight excluding hydrogens is 486 g/mol. The molecule has 0 aromatic heterocycles. The summed E-state index contributed by atoms with van der Waals surface area (Å²) in [5.41, 5.74) is -0.533. The van der Waals surface area contributed by atoms with Gasteiger partial charge in [-0.25, -0.2) is 4.85 Å². The second-order valence-corrected chi connectivity index (χ2v) is 14.9. The first kappa shape index (κ1) is 28.5. The number of rotatable bonds is 1. The second-order valence-electron chi connectivity index (χ2n) is 14.9. The van der Waals surface area contributed by atoms with E-state index in [1.165, 1.54) is 14.5 Å². The summed E-state index contributed by atoms with van der Waals surface area (Å²) < 4.78 is 11.5. The maximum Gasteiger partial charge on any atom is 0.226 e. The van der Waals surface area contributed by atoms with Gasteiger partial charge in [-0.15, -0.1) is 0 Å². The third-order valence-electron chi connectivity index (χ3n) is 12.5. The zero-order chi connectivity index (χ0) is 31.4. The van der Waals surface area contributed by atoms with Crippen LogP contribution in [0.1, 0.15) is 109 Å². The van der Waals surface area contributed by atoms with E-state index in [4.69, 9.17) is 9.37 Å². The van der Waals surface area contributed by atoms with E-state index in [0.29, 0.717) is 0 Å². The highest BCUT2D eigenvalue weighted by Crippen LogP contribution is 2.74. The lowest BCUT2D eigenvalue weighted by atomic mass is 9.34.